The molecule has 0 bridgehead atoms. The quantitative estimate of drug-likeness (QED) is 0.365. The van der Waals surface area contributed by atoms with Gasteiger partial charge in [0, 0.05) is 0 Å². The predicted molar refractivity (Wildman–Crippen MR) is 89.3 cm³/mol. The van der Waals surface area contributed by atoms with E-state index in [0.717, 1.165) is 0 Å². The highest BCUT2D eigenvalue weighted by atomic mass is 35.5. The Morgan fingerprint density at radius 1 is 1.43 bits per heavy atom. The van der Waals surface area contributed by atoms with E-state index < -0.39 is 21.8 Å². The van der Waals surface area contributed by atoms with Gasteiger partial charge in [0.2, 0.25) is 5.84 Å². The summed E-state index contributed by atoms with van der Waals surface area (Å²) in [6.45, 7) is 1.87. The minimum Gasteiger partial charge on any atom is -0.460 e. The van der Waals surface area contributed by atoms with Crippen LogP contribution in [0.3, 0.4) is 0 Å². The van der Waals surface area contributed by atoms with Gasteiger partial charge in [-0.25, -0.2) is 13.2 Å². The first-order valence-corrected chi connectivity index (χ1v) is 9.33. The van der Waals surface area contributed by atoms with Crippen molar-refractivity contribution in [2.24, 2.45) is 4.99 Å². The molecule has 1 aliphatic heterocycles. The standard InChI is InChI=1S/C14H18ClN3O4S/c1-2-22-14(19)13(16-10-7-8-23(20,21)9-10)18-17-12-6-4-3-5-11(12)15/h3-6,10,17H,2,7-9H2,1H3,(H,16,18)/t10-/m0/s1. The first-order valence-electron chi connectivity index (χ1n) is 7.13. The van der Waals surface area contributed by atoms with Gasteiger partial charge in [0.15, 0.2) is 9.84 Å². The highest BCUT2D eigenvalue weighted by Crippen LogP contribution is 2.19. The first-order chi connectivity index (χ1) is 10.9. The SMILES string of the molecule is CCOC(=O)C(=N[C@H]1CCS(=O)(=O)C1)NNc1ccccc1Cl. The molecule has 126 valence electrons. The van der Waals surface area contributed by atoms with Crippen molar-refractivity contribution in [1.82, 2.24) is 5.43 Å². The zero-order chi connectivity index (χ0) is 16.9. The molecule has 0 saturated carbocycles. The van der Waals surface area contributed by atoms with Crippen LogP contribution in [0.15, 0.2) is 29.3 Å². The number of para-hydroxylation sites is 1. The molecule has 1 atom stereocenters. The summed E-state index contributed by atoms with van der Waals surface area (Å²) in [5, 5.41) is 0.464. The number of amidine groups is 1. The minimum atomic E-state index is -3.08. The summed E-state index contributed by atoms with van der Waals surface area (Å²) in [7, 11) is -3.08. The van der Waals surface area contributed by atoms with Crippen LogP contribution in [0.5, 0.6) is 0 Å². The molecule has 1 aromatic rings. The number of sulfone groups is 1. The molecule has 9 heteroatoms. The number of aliphatic imine (C=N–C) groups is 1. The Labute approximate surface area is 140 Å². The van der Waals surface area contributed by atoms with Gasteiger partial charge in [-0.15, -0.1) is 0 Å². The maximum atomic E-state index is 12.0. The third-order valence-electron chi connectivity index (χ3n) is 3.18. The number of ether oxygens (including phenoxy) is 1. The fourth-order valence-corrected chi connectivity index (χ4v) is 3.89. The van der Waals surface area contributed by atoms with Crippen LogP contribution < -0.4 is 10.9 Å². The van der Waals surface area contributed by atoms with Gasteiger partial charge in [0.1, 0.15) is 0 Å². The Hall–Kier alpha value is -1.80. The number of rotatable bonds is 4. The summed E-state index contributed by atoms with van der Waals surface area (Å²) in [5.74, 6) is -0.718. The highest BCUT2D eigenvalue weighted by Gasteiger charge is 2.29. The van der Waals surface area contributed by atoms with Gasteiger partial charge < -0.3 is 4.74 Å². The average molecular weight is 360 g/mol. The second-order valence-electron chi connectivity index (χ2n) is 4.98. The lowest BCUT2D eigenvalue weighted by atomic mass is 10.3. The van der Waals surface area contributed by atoms with Crippen molar-refractivity contribution in [3.63, 3.8) is 0 Å². The molecule has 0 aromatic heterocycles. The Bertz CT molecular complexity index is 706. The number of hydrogen-bond acceptors (Lipinski definition) is 6. The van der Waals surface area contributed by atoms with Crippen LogP contribution in [0, 0.1) is 0 Å². The Kier molecular flexibility index (Phi) is 5.84. The molecule has 23 heavy (non-hydrogen) atoms. The Morgan fingerprint density at radius 2 is 2.17 bits per heavy atom. The first kappa shape index (κ1) is 17.6. The topological polar surface area (TPSA) is 96.9 Å². The molecule has 1 aliphatic rings. The van der Waals surface area contributed by atoms with Crippen molar-refractivity contribution >= 4 is 38.9 Å². The third-order valence-corrected chi connectivity index (χ3v) is 5.26. The molecule has 0 aliphatic carbocycles. The zero-order valence-electron chi connectivity index (χ0n) is 12.6. The molecular formula is C14H18ClN3O4S. The number of nitrogens with one attached hydrogen (secondary N) is 2. The molecule has 2 N–H and O–H groups in total. The van der Waals surface area contributed by atoms with E-state index in [0.29, 0.717) is 17.1 Å². The van der Waals surface area contributed by atoms with Gasteiger partial charge in [-0.2, -0.15) is 0 Å². The van der Waals surface area contributed by atoms with Gasteiger partial charge >= 0.3 is 5.97 Å². The summed E-state index contributed by atoms with van der Waals surface area (Å²) in [5.41, 5.74) is 6.01. The van der Waals surface area contributed by atoms with E-state index in [4.69, 9.17) is 16.3 Å². The van der Waals surface area contributed by atoms with Gasteiger partial charge in [-0.1, -0.05) is 23.7 Å². The van der Waals surface area contributed by atoms with Crippen LogP contribution in [0.2, 0.25) is 5.02 Å². The smallest absolute Gasteiger partial charge is 0.375 e. The van der Waals surface area contributed by atoms with E-state index in [1.54, 1.807) is 31.2 Å². The number of halogens is 1. The molecule has 2 rings (SSSR count). The fourth-order valence-electron chi connectivity index (χ4n) is 2.08. The summed E-state index contributed by atoms with van der Waals surface area (Å²) in [6, 6.07) is 6.51. The number of anilines is 1. The lowest BCUT2D eigenvalue weighted by Crippen LogP contribution is -2.38. The van der Waals surface area contributed by atoms with Gasteiger partial charge in [-0.3, -0.25) is 15.8 Å². The van der Waals surface area contributed by atoms with E-state index in [-0.39, 0.29) is 23.9 Å². The summed E-state index contributed by atoms with van der Waals surface area (Å²) in [4.78, 5) is 16.1. The maximum absolute atomic E-state index is 12.0. The molecule has 0 radical (unpaired) electrons. The molecule has 1 fully saturated rings. The molecule has 1 heterocycles. The van der Waals surface area contributed by atoms with E-state index in [2.05, 4.69) is 15.8 Å². The number of benzene rings is 1. The van der Waals surface area contributed by atoms with Crippen molar-refractivity contribution in [1.29, 1.82) is 0 Å². The van der Waals surface area contributed by atoms with Gasteiger partial charge in [0.05, 0.1) is 34.9 Å². The molecule has 7 nitrogen and oxygen atoms in total. The predicted octanol–water partition coefficient (Wildman–Crippen LogP) is 1.41. The number of carbonyl (C=O) groups is 1. The number of esters is 1. The van der Waals surface area contributed by atoms with E-state index in [1.165, 1.54) is 0 Å². The number of nitrogens with zero attached hydrogens (tertiary/aromatic N) is 1. The van der Waals surface area contributed by atoms with E-state index in [1.807, 2.05) is 0 Å². The monoisotopic (exact) mass is 359 g/mol. The van der Waals surface area contributed by atoms with Crippen molar-refractivity contribution in [2.75, 3.05) is 23.5 Å². The van der Waals surface area contributed by atoms with Crippen molar-refractivity contribution in [3.05, 3.63) is 29.3 Å². The molecule has 0 unspecified atom stereocenters. The van der Waals surface area contributed by atoms with E-state index in [9.17, 15) is 13.2 Å². The van der Waals surface area contributed by atoms with Crippen LogP contribution in [0.1, 0.15) is 13.3 Å². The Morgan fingerprint density at radius 3 is 2.78 bits per heavy atom. The van der Waals surface area contributed by atoms with Crippen molar-refractivity contribution in [2.45, 2.75) is 19.4 Å². The normalized spacial score (nSPS) is 20.1. The third kappa shape index (κ3) is 5.11. The molecule has 0 spiro atoms. The largest absolute Gasteiger partial charge is 0.460 e. The van der Waals surface area contributed by atoms with Crippen molar-refractivity contribution in [3.8, 4) is 0 Å². The maximum Gasteiger partial charge on any atom is 0.375 e. The van der Waals surface area contributed by atoms with Crippen LogP contribution in [0.4, 0.5) is 5.69 Å². The molecule has 1 saturated heterocycles. The van der Waals surface area contributed by atoms with Crippen molar-refractivity contribution < 1.29 is 17.9 Å². The molecule has 0 amide bonds. The van der Waals surface area contributed by atoms with E-state index >= 15 is 0 Å². The van der Waals surface area contributed by atoms with Crippen LogP contribution >= 0.6 is 11.6 Å². The molecule has 1 aromatic carbocycles. The lowest BCUT2D eigenvalue weighted by molar-refractivity contribution is -0.135. The fraction of sp³-hybridized carbons (Fsp3) is 0.429. The van der Waals surface area contributed by atoms with Gasteiger partial charge in [0.25, 0.3) is 0 Å². The van der Waals surface area contributed by atoms with Crippen LogP contribution in [-0.2, 0) is 19.4 Å². The summed E-state index contributed by atoms with van der Waals surface area (Å²) < 4.78 is 27.9. The highest BCUT2D eigenvalue weighted by molar-refractivity contribution is 7.91. The molecular weight excluding hydrogens is 342 g/mol. The lowest BCUT2D eigenvalue weighted by Gasteiger charge is -2.13. The second-order valence-corrected chi connectivity index (χ2v) is 7.62. The number of hydrogen-bond donors (Lipinski definition) is 2. The summed E-state index contributed by atoms with van der Waals surface area (Å²) in [6.07, 6.45) is 0.388. The van der Waals surface area contributed by atoms with Crippen LogP contribution in [0.25, 0.3) is 0 Å². The number of hydrazine groups is 1. The average Bonchev–Trinajstić information content (AvgIpc) is 2.84. The zero-order valence-corrected chi connectivity index (χ0v) is 14.2. The summed E-state index contributed by atoms with van der Waals surface area (Å²) >= 11 is 6.02. The Balaban J connectivity index is 2.11. The van der Waals surface area contributed by atoms with Gasteiger partial charge in [-0.05, 0) is 25.5 Å². The number of carbonyl (C=O) groups excluding carboxylic acids is 1. The van der Waals surface area contributed by atoms with Crippen LogP contribution in [-0.4, -0.2) is 44.4 Å². The second kappa shape index (κ2) is 7.65. The minimum absolute atomic E-state index is 0.0658.